The molecule has 1 amide bonds. The molecule has 0 fully saturated rings. The van der Waals surface area contributed by atoms with E-state index in [1.54, 1.807) is 13.8 Å². The Hall–Kier alpha value is -0.900. The molecule has 0 bridgehead atoms. The Kier molecular flexibility index (Phi) is 9.51. The van der Waals surface area contributed by atoms with Crippen LogP contribution in [-0.2, 0) is 19.3 Å². The van der Waals surface area contributed by atoms with Crippen molar-refractivity contribution in [2.75, 3.05) is 44.5 Å². The van der Waals surface area contributed by atoms with Gasteiger partial charge in [-0.05, 0) is 20.3 Å². The lowest BCUT2D eigenvalue weighted by Gasteiger charge is -2.24. The van der Waals surface area contributed by atoms with Gasteiger partial charge in [-0.1, -0.05) is 0 Å². The number of amides is 1. The summed E-state index contributed by atoms with van der Waals surface area (Å²) in [5.74, 6) is -0.221. The first-order valence-electron chi connectivity index (χ1n) is 6.66. The van der Waals surface area contributed by atoms with Gasteiger partial charge in [-0.2, -0.15) is 0 Å². The van der Waals surface area contributed by atoms with Gasteiger partial charge in [0.25, 0.3) is 0 Å². The van der Waals surface area contributed by atoms with Gasteiger partial charge in [0.15, 0.2) is 9.84 Å². The second kappa shape index (κ2) is 9.93. The number of carboxylic acid groups (broad SMARTS) is 1. The van der Waals surface area contributed by atoms with Crippen LogP contribution in [-0.4, -0.2) is 74.8 Å². The Morgan fingerprint density at radius 1 is 1.10 bits per heavy atom. The second-order valence-corrected chi connectivity index (χ2v) is 7.47. The molecule has 0 saturated heterocycles. The molecule has 0 spiro atoms. The Bertz CT molecular complexity index is 394. The van der Waals surface area contributed by atoms with Crippen molar-refractivity contribution in [2.45, 2.75) is 25.8 Å². The van der Waals surface area contributed by atoms with Crippen LogP contribution in [0.25, 0.3) is 0 Å². The van der Waals surface area contributed by atoms with Crippen molar-refractivity contribution in [2.24, 2.45) is 0 Å². The van der Waals surface area contributed by atoms with E-state index in [-0.39, 0.29) is 44.4 Å². The molecular formula is C12H25NO7S. The first-order valence-corrected chi connectivity index (χ1v) is 8.48. The molecule has 0 aromatic heterocycles. The zero-order valence-corrected chi connectivity index (χ0v) is 13.3. The van der Waals surface area contributed by atoms with E-state index in [9.17, 15) is 13.2 Å². The van der Waals surface area contributed by atoms with Gasteiger partial charge >= 0.3 is 6.09 Å². The predicted molar refractivity (Wildman–Crippen MR) is 77.2 cm³/mol. The highest BCUT2D eigenvalue weighted by atomic mass is 32.2. The summed E-state index contributed by atoms with van der Waals surface area (Å²) >= 11 is 0. The van der Waals surface area contributed by atoms with Gasteiger partial charge in [0, 0.05) is 5.54 Å². The molecule has 0 radical (unpaired) electrons. The average molecular weight is 327 g/mol. The maximum absolute atomic E-state index is 11.8. The van der Waals surface area contributed by atoms with Crippen molar-refractivity contribution in [1.29, 1.82) is 0 Å². The van der Waals surface area contributed by atoms with E-state index in [2.05, 4.69) is 5.32 Å². The molecule has 21 heavy (non-hydrogen) atoms. The Morgan fingerprint density at radius 3 is 2.19 bits per heavy atom. The third-order valence-electron chi connectivity index (χ3n) is 2.63. The summed E-state index contributed by atoms with van der Waals surface area (Å²) in [6.07, 6.45) is -0.982. The van der Waals surface area contributed by atoms with Crippen molar-refractivity contribution < 1.29 is 32.9 Å². The molecule has 0 rings (SSSR count). The first kappa shape index (κ1) is 20.1. The van der Waals surface area contributed by atoms with Gasteiger partial charge in [-0.3, -0.25) is 0 Å². The molecule has 0 atom stereocenters. The third-order valence-corrected chi connectivity index (χ3v) is 4.24. The fourth-order valence-corrected chi connectivity index (χ4v) is 2.83. The molecule has 0 aromatic rings. The van der Waals surface area contributed by atoms with Crippen LogP contribution in [0.3, 0.4) is 0 Å². The van der Waals surface area contributed by atoms with E-state index < -0.39 is 21.5 Å². The lowest BCUT2D eigenvalue weighted by Crippen LogP contribution is -2.44. The third kappa shape index (κ3) is 12.5. The largest absolute Gasteiger partial charge is 0.465 e. The Morgan fingerprint density at radius 2 is 1.67 bits per heavy atom. The normalized spacial score (nSPS) is 12.3. The topological polar surface area (TPSA) is 122 Å². The highest BCUT2D eigenvalue weighted by Crippen LogP contribution is 2.10. The van der Waals surface area contributed by atoms with Crippen molar-refractivity contribution in [3.8, 4) is 0 Å². The molecule has 0 aliphatic carbocycles. The van der Waals surface area contributed by atoms with Crippen molar-refractivity contribution in [1.82, 2.24) is 5.32 Å². The highest BCUT2D eigenvalue weighted by molar-refractivity contribution is 7.91. The summed E-state index contributed by atoms with van der Waals surface area (Å²) in [6.45, 7) is 4.06. The van der Waals surface area contributed by atoms with Crippen LogP contribution in [0.15, 0.2) is 0 Å². The number of carbonyl (C=O) groups is 1. The van der Waals surface area contributed by atoms with Gasteiger partial charge in [-0.15, -0.1) is 0 Å². The SMILES string of the molecule is CC(C)(CCS(=O)(=O)CCOCCOCCO)NC(=O)O. The molecule has 8 nitrogen and oxygen atoms in total. The van der Waals surface area contributed by atoms with Crippen LogP contribution in [0, 0.1) is 0 Å². The minimum atomic E-state index is -3.29. The van der Waals surface area contributed by atoms with E-state index >= 15 is 0 Å². The van der Waals surface area contributed by atoms with Gasteiger partial charge in [0.2, 0.25) is 0 Å². The zero-order valence-electron chi connectivity index (χ0n) is 12.5. The van der Waals surface area contributed by atoms with E-state index in [0.29, 0.717) is 6.61 Å². The summed E-state index contributed by atoms with van der Waals surface area (Å²) in [6, 6.07) is 0. The van der Waals surface area contributed by atoms with E-state index in [4.69, 9.17) is 19.7 Å². The summed E-state index contributed by atoms with van der Waals surface area (Å²) in [5, 5.41) is 19.4. The zero-order chi connectivity index (χ0) is 16.4. The molecule has 0 aliphatic rings. The summed E-state index contributed by atoms with van der Waals surface area (Å²) in [7, 11) is -3.29. The monoisotopic (exact) mass is 327 g/mol. The van der Waals surface area contributed by atoms with Crippen LogP contribution in [0.5, 0.6) is 0 Å². The molecule has 0 heterocycles. The Balaban J connectivity index is 3.86. The summed E-state index contributed by atoms with van der Waals surface area (Å²) in [4.78, 5) is 10.6. The number of hydrogen-bond acceptors (Lipinski definition) is 6. The highest BCUT2D eigenvalue weighted by Gasteiger charge is 2.23. The smallest absolute Gasteiger partial charge is 0.405 e. The van der Waals surface area contributed by atoms with Crippen molar-refractivity contribution in [3.63, 3.8) is 0 Å². The summed E-state index contributed by atoms with van der Waals surface area (Å²) in [5.41, 5.74) is -0.794. The maximum Gasteiger partial charge on any atom is 0.405 e. The number of ether oxygens (including phenoxy) is 2. The molecular weight excluding hydrogens is 302 g/mol. The molecule has 0 aromatic carbocycles. The molecule has 0 saturated carbocycles. The maximum atomic E-state index is 11.8. The van der Waals surface area contributed by atoms with Gasteiger partial charge in [0.1, 0.15) is 0 Å². The Labute approximate surface area is 125 Å². The number of aliphatic hydroxyl groups is 1. The predicted octanol–water partition coefficient (Wildman–Crippen LogP) is -0.137. The van der Waals surface area contributed by atoms with Crippen LogP contribution < -0.4 is 5.32 Å². The molecule has 9 heteroatoms. The van der Waals surface area contributed by atoms with Crippen LogP contribution in [0.1, 0.15) is 20.3 Å². The van der Waals surface area contributed by atoms with Crippen LogP contribution in [0.4, 0.5) is 4.79 Å². The summed E-state index contributed by atoms with van der Waals surface area (Å²) < 4.78 is 33.6. The fraction of sp³-hybridized carbons (Fsp3) is 0.917. The molecule has 3 N–H and O–H groups in total. The van der Waals surface area contributed by atoms with Gasteiger partial charge < -0.3 is 25.0 Å². The fourth-order valence-electron chi connectivity index (χ4n) is 1.44. The number of rotatable bonds is 12. The van der Waals surface area contributed by atoms with E-state index in [1.165, 1.54) is 0 Å². The number of hydrogen-bond donors (Lipinski definition) is 3. The standard InChI is InChI=1S/C12H25NO7S/c1-12(2,13-11(15)16)3-9-21(17,18)10-8-20-7-6-19-5-4-14/h13-14H,3-10H2,1-2H3,(H,15,16). The quantitative estimate of drug-likeness (QED) is 0.426. The minimum absolute atomic E-state index is 0.0610. The van der Waals surface area contributed by atoms with E-state index in [1.807, 2.05) is 0 Å². The van der Waals surface area contributed by atoms with Crippen LogP contribution in [0.2, 0.25) is 0 Å². The van der Waals surface area contributed by atoms with Gasteiger partial charge in [0.05, 0.1) is 44.5 Å². The number of aliphatic hydroxyl groups excluding tert-OH is 1. The first-order chi connectivity index (χ1) is 9.68. The lowest BCUT2D eigenvalue weighted by molar-refractivity contribution is 0.0375. The van der Waals surface area contributed by atoms with Gasteiger partial charge in [-0.25, -0.2) is 13.2 Å². The van der Waals surface area contributed by atoms with Crippen molar-refractivity contribution in [3.05, 3.63) is 0 Å². The van der Waals surface area contributed by atoms with E-state index in [0.717, 1.165) is 0 Å². The number of sulfone groups is 1. The molecule has 0 unspecified atom stereocenters. The van der Waals surface area contributed by atoms with Crippen molar-refractivity contribution >= 4 is 15.9 Å². The lowest BCUT2D eigenvalue weighted by atomic mass is 10.0. The number of nitrogens with one attached hydrogen (secondary N) is 1. The minimum Gasteiger partial charge on any atom is -0.465 e. The molecule has 0 aliphatic heterocycles. The average Bonchev–Trinajstić information content (AvgIpc) is 2.34. The molecule has 126 valence electrons. The second-order valence-electron chi connectivity index (χ2n) is 5.16. The van der Waals surface area contributed by atoms with Crippen LogP contribution >= 0.6 is 0 Å².